The maximum atomic E-state index is 15.0. The van der Waals surface area contributed by atoms with Gasteiger partial charge in [0.1, 0.15) is 17.1 Å². The molecule has 0 bridgehead atoms. The maximum absolute atomic E-state index is 15.0. The van der Waals surface area contributed by atoms with Crippen molar-refractivity contribution in [2.24, 2.45) is 0 Å². The molecule has 0 radical (unpaired) electrons. The van der Waals surface area contributed by atoms with Crippen molar-refractivity contribution in [3.8, 4) is 34.3 Å². The Kier molecular flexibility index (Phi) is 5.37. The van der Waals surface area contributed by atoms with Gasteiger partial charge >= 0.3 is 0 Å². The molecule has 0 aliphatic heterocycles. The first-order valence-electron chi connectivity index (χ1n) is 11.5. The van der Waals surface area contributed by atoms with Gasteiger partial charge in [0.05, 0.1) is 18.4 Å². The molecule has 0 fully saturated rings. The van der Waals surface area contributed by atoms with Gasteiger partial charge in [0.25, 0.3) is 0 Å². The van der Waals surface area contributed by atoms with Crippen molar-refractivity contribution in [1.82, 2.24) is 44.5 Å². The average Bonchev–Trinajstić information content (AvgIpc) is 3.55. The Labute approximate surface area is 210 Å². The van der Waals surface area contributed by atoms with Crippen molar-refractivity contribution in [3.63, 3.8) is 0 Å². The van der Waals surface area contributed by atoms with Crippen LogP contribution >= 0.6 is 0 Å². The molecule has 37 heavy (non-hydrogen) atoms. The Morgan fingerprint density at radius 1 is 0.865 bits per heavy atom. The molecular weight excluding hydrogens is 471 g/mol. The Morgan fingerprint density at radius 3 is 2.62 bits per heavy atom. The molecule has 0 saturated carbocycles. The van der Waals surface area contributed by atoms with Crippen molar-refractivity contribution in [2.45, 2.75) is 20.4 Å². The van der Waals surface area contributed by atoms with Crippen molar-refractivity contribution in [1.29, 1.82) is 0 Å². The van der Waals surface area contributed by atoms with Gasteiger partial charge in [-0.2, -0.15) is 0 Å². The summed E-state index contributed by atoms with van der Waals surface area (Å²) in [5, 5.41) is 16.8. The van der Waals surface area contributed by atoms with Gasteiger partial charge in [0.2, 0.25) is 0 Å². The van der Waals surface area contributed by atoms with E-state index in [2.05, 4.69) is 30.5 Å². The van der Waals surface area contributed by atoms with E-state index in [0.29, 0.717) is 23.9 Å². The van der Waals surface area contributed by atoms with Crippen LogP contribution < -0.4 is 5.73 Å². The molecule has 10 nitrogen and oxygen atoms in total. The summed E-state index contributed by atoms with van der Waals surface area (Å²) in [5.74, 6) is -0.0148. The number of nitrogens with zero attached hydrogens (tertiary/aromatic N) is 9. The van der Waals surface area contributed by atoms with Gasteiger partial charge in [-0.1, -0.05) is 35.5 Å². The van der Waals surface area contributed by atoms with E-state index in [-0.39, 0.29) is 17.2 Å². The summed E-state index contributed by atoms with van der Waals surface area (Å²) < 4.78 is 18.4. The quantitative estimate of drug-likeness (QED) is 0.384. The molecule has 6 aromatic rings. The number of aromatic nitrogens is 9. The number of nitrogen functional groups attached to an aromatic ring is 1. The summed E-state index contributed by atoms with van der Waals surface area (Å²) in [6.07, 6.45) is 3.50. The summed E-state index contributed by atoms with van der Waals surface area (Å²) in [6, 6.07) is 17.1. The number of fused-ring (bicyclic) bond motifs is 1. The Bertz CT molecular complexity index is 1770. The normalized spacial score (nSPS) is 11.3. The predicted octanol–water partition coefficient (Wildman–Crippen LogP) is 3.89. The highest BCUT2D eigenvalue weighted by Gasteiger charge is 2.19. The van der Waals surface area contributed by atoms with Gasteiger partial charge in [0, 0.05) is 11.8 Å². The SMILES string of the molecule is Cc1cccc(-c2nc(N)c(F)c(-c3cn(Cc4cccc(-c5nnc6ccccn56)n4)nn3)n2)c1C. The third kappa shape index (κ3) is 4.05. The molecule has 11 heteroatoms. The molecule has 2 N–H and O–H groups in total. The molecule has 0 spiro atoms. The van der Waals surface area contributed by atoms with Crippen LogP contribution in [0.1, 0.15) is 16.8 Å². The second kappa shape index (κ2) is 8.86. The van der Waals surface area contributed by atoms with E-state index in [0.717, 1.165) is 28.0 Å². The Balaban J connectivity index is 1.32. The van der Waals surface area contributed by atoms with Crippen molar-refractivity contribution in [2.75, 3.05) is 5.73 Å². The average molecular weight is 493 g/mol. The number of rotatable bonds is 5. The third-order valence-corrected chi connectivity index (χ3v) is 6.18. The molecule has 5 aromatic heterocycles. The van der Waals surface area contributed by atoms with Crippen LogP contribution in [0.2, 0.25) is 0 Å². The van der Waals surface area contributed by atoms with Crippen molar-refractivity contribution < 1.29 is 4.39 Å². The van der Waals surface area contributed by atoms with Crippen LogP contribution in [0.15, 0.2) is 67.0 Å². The van der Waals surface area contributed by atoms with Gasteiger partial charge in [-0.15, -0.1) is 15.3 Å². The highest BCUT2D eigenvalue weighted by molar-refractivity contribution is 5.68. The summed E-state index contributed by atoms with van der Waals surface area (Å²) in [7, 11) is 0. The first-order chi connectivity index (χ1) is 18.0. The molecule has 0 saturated heterocycles. The number of halogens is 1. The van der Waals surface area contributed by atoms with Gasteiger partial charge in [0.15, 0.2) is 28.9 Å². The van der Waals surface area contributed by atoms with E-state index < -0.39 is 5.82 Å². The van der Waals surface area contributed by atoms with E-state index >= 15 is 0 Å². The second-order valence-corrected chi connectivity index (χ2v) is 8.61. The smallest absolute Gasteiger partial charge is 0.193 e. The molecule has 0 unspecified atom stereocenters. The number of aryl methyl sites for hydroxylation is 1. The van der Waals surface area contributed by atoms with Gasteiger partial charge in [-0.25, -0.2) is 24.0 Å². The number of pyridine rings is 2. The van der Waals surface area contributed by atoms with Gasteiger partial charge < -0.3 is 5.73 Å². The lowest BCUT2D eigenvalue weighted by Crippen LogP contribution is -2.04. The van der Waals surface area contributed by atoms with Crippen molar-refractivity contribution >= 4 is 11.5 Å². The van der Waals surface area contributed by atoms with Crippen LogP contribution in [-0.4, -0.2) is 44.5 Å². The highest BCUT2D eigenvalue weighted by atomic mass is 19.1. The summed E-state index contributed by atoms with van der Waals surface area (Å²) in [5.41, 5.74) is 11.1. The lowest BCUT2D eigenvalue weighted by Gasteiger charge is -2.10. The van der Waals surface area contributed by atoms with E-state index in [4.69, 9.17) is 10.7 Å². The number of hydrogen-bond donors (Lipinski definition) is 1. The number of hydrogen-bond acceptors (Lipinski definition) is 8. The zero-order valence-corrected chi connectivity index (χ0v) is 20.0. The number of nitrogens with two attached hydrogens (primary N) is 1. The van der Waals surface area contributed by atoms with E-state index in [1.54, 1.807) is 10.9 Å². The molecule has 182 valence electrons. The maximum Gasteiger partial charge on any atom is 0.193 e. The molecule has 5 heterocycles. The molecule has 6 rings (SSSR count). The minimum Gasteiger partial charge on any atom is -0.381 e. The first-order valence-corrected chi connectivity index (χ1v) is 11.5. The lowest BCUT2D eigenvalue weighted by molar-refractivity contribution is 0.623. The highest BCUT2D eigenvalue weighted by Crippen LogP contribution is 2.28. The van der Waals surface area contributed by atoms with E-state index in [1.165, 1.54) is 0 Å². The minimum atomic E-state index is -0.736. The standard InChI is InChI=1S/C26H21FN10/c1-15-7-5-9-18(16(15)2)25-30-23(22(27)24(28)31-25)20-14-36(35-32-20)13-17-8-6-10-19(29-17)26-34-33-21-11-3-4-12-37(21)26/h3-12,14H,13H2,1-2H3,(H2,28,30,31). The summed E-state index contributed by atoms with van der Waals surface area (Å²) in [4.78, 5) is 13.3. The number of benzene rings is 1. The first kappa shape index (κ1) is 22.4. The lowest BCUT2D eigenvalue weighted by atomic mass is 10.0. The molecule has 0 atom stereocenters. The molecule has 0 aliphatic rings. The second-order valence-electron chi connectivity index (χ2n) is 8.61. The summed E-state index contributed by atoms with van der Waals surface area (Å²) in [6.45, 7) is 4.27. The number of anilines is 1. The van der Waals surface area contributed by atoms with Crippen LogP contribution in [0.4, 0.5) is 10.2 Å². The minimum absolute atomic E-state index is 0.00806. The molecular formula is C26H21FN10. The fourth-order valence-electron chi connectivity index (χ4n) is 4.11. The fourth-order valence-corrected chi connectivity index (χ4v) is 4.11. The van der Waals surface area contributed by atoms with Crippen LogP contribution in [0.5, 0.6) is 0 Å². The van der Waals surface area contributed by atoms with Crippen molar-refractivity contribution in [3.05, 3.63) is 89.6 Å². The monoisotopic (exact) mass is 492 g/mol. The predicted molar refractivity (Wildman–Crippen MR) is 136 cm³/mol. The molecule has 0 aliphatic carbocycles. The third-order valence-electron chi connectivity index (χ3n) is 6.18. The topological polar surface area (TPSA) is 126 Å². The Hall–Kier alpha value is -5.06. The van der Waals surface area contributed by atoms with Gasteiger partial charge in [-0.05, 0) is 49.2 Å². The summed E-state index contributed by atoms with van der Waals surface area (Å²) >= 11 is 0. The zero-order valence-electron chi connectivity index (χ0n) is 20.0. The van der Waals surface area contributed by atoms with Gasteiger partial charge in [-0.3, -0.25) is 4.40 Å². The Morgan fingerprint density at radius 2 is 1.73 bits per heavy atom. The van der Waals surface area contributed by atoms with Crippen LogP contribution in [-0.2, 0) is 6.54 Å². The van der Waals surface area contributed by atoms with Crippen LogP contribution in [0.3, 0.4) is 0 Å². The zero-order chi connectivity index (χ0) is 25.5. The van der Waals surface area contributed by atoms with E-state index in [1.807, 2.05) is 79.0 Å². The van der Waals surface area contributed by atoms with E-state index in [9.17, 15) is 4.39 Å². The largest absolute Gasteiger partial charge is 0.381 e. The van der Waals surface area contributed by atoms with Crippen LogP contribution in [0, 0.1) is 19.7 Å². The van der Waals surface area contributed by atoms with Crippen LogP contribution in [0.25, 0.3) is 39.9 Å². The fraction of sp³-hybridized carbons (Fsp3) is 0.115. The molecule has 0 amide bonds. The molecule has 1 aromatic carbocycles.